The Morgan fingerprint density at radius 1 is 1.33 bits per heavy atom. The zero-order chi connectivity index (χ0) is 15.5. The lowest BCUT2D eigenvalue weighted by molar-refractivity contribution is 0.0526. The highest BCUT2D eigenvalue weighted by molar-refractivity contribution is 7.89. The normalized spacial score (nSPS) is 22.2. The van der Waals surface area contributed by atoms with Crippen LogP contribution in [0, 0.1) is 0 Å². The second-order valence-corrected chi connectivity index (χ2v) is 6.78. The maximum Gasteiger partial charge on any atom is 0.338 e. The van der Waals surface area contributed by atoms with E-state index >= 15 is 0 Å². The van der Waals surface area contributed by atoms with Gasteiger partial charge in [0.2, 0.25) is 10.0 Å². The fourth-order valence-corrected chi connectivity index (χ4v) is 3.71. The largest absolute Gasteiger partial charge is 0.462 e. The molecule has 1 aliphatic carbocycles. The number of carbonyl (C=O) groups is 1. The van der Waals surface area contributed by atoms with Crippen LogP contribution in [0.25, 0.3) is 0 Å². The molecule has 0 heterocycles. The van der Waals surface area contributed by atoms with Gasteiger partial charge in [-0.2, -0.15) is 0 Å². The smallest absolute Gasteiger partial charge is 0.338 e. The van der Waals surface area contributed by atoms with Crippen LogP contribution >= 0.6 is 0 Å². The molecule has 1 aromatic rings. The summed E-state index contributed by atoms with van der Waals surface area (Å²) >= 11 is 0. The van der Waals surface area contributed by atoms with E-state index < -0.39 is 16.0 Å². The maximum absolute atomic E-state index is 12.3. The lowest BCUT2D eigenvalue weighted by atomic mass is 10.2. The van der Waals surface area contributed by atoms with Crippen molar-refractivity contribution in [3.63, 3.8) is 0 Å². The third-order valence-electron chi connectivity index (χ3n) is 3.55. The summed E-state index contributed by atoms with van der Waals surface area (Å²) in [5.74, 6) is -0.466. The molecule has 2 unspecified atom stereocenters. The molecule has 1 aromatic carbocycles. The van der Waals surface area contributed by atoms with Gasteiger partial charge in [-0.05, 0) is 44.0 Å². The Hall–Kier alpha value is -1.44. The molecule has 1 aliphatic rings. The number of ether oxygens (including phenoxy) is 1. The molecule has 7 heteroatoms. The highest BCUT2D eigenvalue weighted by Gasteiger charge is 2.28. The van der Waals surface area contributed by atoms with Crippen molar-refractivity contribution in [1.82, 2.24) is 4.72 Å². The van der Waals surface area contributed by atoms with E-state index in [0.29, 0.717) is 5.56 Å². The van der Waals surface area contributed by atoms with E-state index in [9.17, 15) is 13.2 Å². The van der Waals surface area contributed by atoms with Crippen molar-refractivity contribution in [3.05, 3.63) is 29.8 Å². The molecule has 0 aliphatic heterocycles. The van der Waals surface area contributed by atoms with Crippen LogP contribution in [0.3, 0.4) is 0 Å². The fourth-order valence-electron chi connectivity index (χ4n) is 2.39. The van der Waals surface area contributed by atoms with E-state index in [2.05, 4.69) is 4.72 Å². The van der Waals surface area contributed by atoms with Gasteiger partial charge in [-0.15, -0.1) is 0 Å². The summed E-state index contributed by atoms with van der Waals surface area (Å²) in [6, 6.07) is 5.32. The monoisotopic (exact) mass is 312 g/mol. The van der Waals surface area contributed by atoms with Crippen molar-refractivity contribution in [1.29, 1.82) is 0 Å². The Morgan fingerprint density at radius 2 is 2.00 bits per heavy atom. The van der Waals surface area contributed by atoms with Gasteiger partial charge in [0.1, 0.15) is 0 Å². The number of hydrogen-bond acceptors (Lipinski definition) is 5. The third-order valence-corrected chi connectivity index (χ3v) is 5.06. The SMILES string of the molecule is CCOC(=O)c1ccc(S(=O)(=O)NC2CCCC2N)cc1. The zero-order valence-corrected chi connectivity index (χ0v) is 12.7. The number of benzene rings is 1. The van der Waals surface area contributed by atoms with E-state index in [1.165, 1.54) is 24.3 Å². The average molecular weight is 312 g/mol. The molecule has 2 atom stereocenters. The minimum atomic E-state index is -3.61. The molecule has 0 radical (unpaired) electrons. The first kappa shape index (κ1) is 15.9. The Balaban J connectivity index is 2.11. The highest BCUT2D eigenvalue weighted by atomic mass is 32.2. The molecule has 0 spiro atoms. The molecule has 6 nitrogen and oxygen atoms in total. The Labute approximate surface area is 124 Å². The van der Waals surface area contributed by atoms with Crippen molar-refractivity contribution in [2.45, 2.75) is 43.2 Å². The Kier molecular flexibility index (Phi) is 4.97. The summed E-state index contributed by atoms with van der Waals surface area (Å²) in [5.41, 5.74) is 6.20. The van der Waals surface area contributed by atoms with Crippen molar-refractivity contribution in [3.8, 4) is 0 Å². The van der Waals surface area contributed by atoms with E-state index in [1.54, 1.807) is 6.92 Å². The molecule has 2 rings (SSSR count). The average Bonchev–Trinajstić information content (AvgIpc) is 2.84. The van der Waals surface area contributed by atoms with Crippen LogP contribution in [0.15, 0.2) is 29.2 Å². The zero-order valence-electron chi connectivity index (χ0n) is 11.9. The van der Waals surface area contributed by atoms with Crippen LogP contribution in [0.2, 0.25) is 0 Å². The molecule has 1 fully saturated rings. The Morgan fingerprint density at radius 3 is 2.52 bits per heavy atom. The molecular weight excluding hydrogens is 292 g/mol. The van der Waals surface area contributed by atoms with Crippen LogP contribution in [-0.2, 0) is 14.8 Å². The predicted octanol–water partition coefficient (Wildman–Crippen LogP) is 1.02. The van der Waals surface area contributed by atoms with E-state index in [4.69, 9.17) is 10.5 Å². The lowest BCUT2D eigenvalue weighted by Gasteiger charge is -2.17. The summed E-state index contributed by atoms with van der Waals surface area (Å²) in [4.78, 5) is 11.6. The van der Waals surface area contributed by atoms with Gasteiger partial charge in [0.15, 0.2) is 0 Å². The second-order valence-electron chi connectivity index (χ2n) is 5.07. The molecule has 0 saturated heterocycles. The first-order valence-electron chi connectivity index (χ1n) is 6.99. The quantitative estimate of drug-likeness (QED) is 0.791. The number of sulfonamides is 1. The van der Waals surface area contributed by atoms with E-state index in [0.717, 1.165) is 19.3 Å². The number of rotatable bonds is 5. The van der Waals surface area contributed by atoms with Gasteiger partial charge in [0, 0.05) is 12.1 Å². The number of nitrogens with one attached hydrogen (secondary N) is 1. The summed E-state index contributed by atoms with van der Waals surface area (Å²) in [6.07, 6.45) is 2.51. The lowest BCUT2D eigenvalue weighted by Crippen LogP contribution is -2.43. The fraction of sp³-hybridized carbons (Fsp3) is 0.500. The third kappa shape index (κ3) is 3.81. The van der Waals surface area contributed by atoms with Gasteiger partial charge < -0.3 is 10.5 Å². The molecule has 3 N–H and O–H groups in total. The highest BCUT2D eigenvalue weighted by Crippen LogP contribution is 2.20. The van der Waals surface area contributed by atoms with Gasteiger partial charge in [-0.3, -0.25) is 0 Å². The first-order chi connectivity index (χ1) is 9.94. The summed E-state index contributed by atoms with van der Waals surface area (Å²) < 4.78 is 32.0. The van der Waals surface area contributed by atoms with Gasteiger partial charge in [-0.25, -0.2) is 17.9 Å². The molecule has 1 saturated carbocycles. The minimum absolute atomic E-state index is 0.120. The molecule has 116 valence electrons. The first-order valence-corrected chi connectivity index (χ1v) is 8.47. The van der Waals surface area contributed by atoms with E-state index in [1.807, 2.05) is 0 Å². The van der Waals surface area contributed by atoms with E-state index in [-0.39, 0.29) is 23.6 Å². The predicted molar refractivity (Wildman–Crippen MR) is 78.3 cm³/mol. The number of hydrogen-bond donors (Lipinski definition) is 2. The van der Waals surface area contributed by atoms with Gasteiger partial charge in [-0.1, -0.05) is 6.42 Å². The summed E-state index contributed by atoms with van der Waals surface area (Å²) in [6.45, 7) is 1.99. The molecule has 21 heavy (non-hydrogen) atoms. The number of nitrogens with two attached hydrogens (primary N) is 1. The minimum Gasteiger partial charge on any atom is -0.462 e. The van der Waals surface area contributed by atoms with Crippen molar-refractivity contribution >= 4 is 16.0 Å². The molecule has 0 amide bonds. The second kappa shape index (κ2) is 6.55. The number of esters is 1. The summed E-state index contributed by atoms with van der Waals surface area (Å²) in [7, 11) is -3.61. The van der Waals surface area contributed by atoms with Gasteiger partial charge in [0.25, 0.3) is 0 Å². The van der Waals surface area contributed by atoms with Gasteiger partial charge in [0.05, 0.1) is 17.1 Å². The van der Waals surface area contributed by atoms with Crippen molar-refractivity contribution in [2.24, 2.45) is 5.73 Å². The molecule has 0 aromatic heterocycles. The van der Waals surface area contributed by atoms with Crippen LogP contribution in [-0.4, -0.2) is 33.1 Å². The van der Waals surface area contributed by atoms with Crippen molar-refractivity contribution < 1.29 is 17.9 Å². The summed E-state index contributed by atoms with van der Waals surface area (Å²) in [5, 5.41) is 0. The Bertz CT molecular complexity index is 598. The maximum atomic E-state index is 12.3. The van der Waals surface area contributed by atoms with Crippen LogP contribution in [0.4, 0.5) is 0 Å². The molecule has 0 bridgehead atoms. The topological polar surface area (TPSA) is 98.5 Å². The van der Waals surface area contributed by atoms with Crippen LogP contribution < -0.4 is 10.5 Å². The molecular formula is C14H20N2O4S. The number of carbonyl (C=O) groups excluding carboxylic acids is 1. The van der Waals surface area contributed by atoms with Crippen LogP contribution in [0.1, 0.15) is 36.5 Å². The van der Waals surface area contributed by atoms with Crippen molar-refractivity contribution in [2.75, 3.05) is 6.61 Å². The van der Waals surface area contributed by atoms with Gasteiger partial charge >= 0.3 is 5.97 Å². The standard InChI is InChI=1S/C14H20N2O4S/c1-2-20-14(17)10-6-8-11(9-7-10)21(18,19)16-13-5-3-4-12(13)15/h6-9,12-13,16H,2-5,15H2,1H3. The van der Waals surface area contributed by atoms with Crippen LogP contribution in [0.5, 0.6) is 0 Å².